The summed E-state index contributed by atoms with van der Waals surface area (Å²) < 4.78 is 37.9. The van der Waals surface area contributed by atoms with Crippen LogP contribution < -0.4 is 5.73 Å². The maximum absolute atomic E-state index is 12.6. The molecule has 2 N–H and O–H groups in total. The summed E-state index contributed by atoms with van der Waals surface area (Å²) in [6.45, 7) is 2.83. The van der Waals surface area contributed by atoms with Gasteiger partial charge in [-0.2, -0.15) is 13.2 Å². The fraction of sp³-hybridized carbons (Fsp3) is 0.615. The van der Waals surface area contributed by atoms with E-state index in [2.05, 4.69) is 4.98 Å². The second-order valence-corrected chi connectivity index (χ2v) is 4.99. The molecule has 0 radical (unpaired) electrons. The summed E-state index contributed by atoms with van der Waals surface area (Å²) in [5.41, 5.74) is 7.20. The van der Waals surface area contributed by atoms with Crippen molar-refractivity contribution in [3.05, 3.63) is 29.6 Å². The monoisotopic (exact) mass is 273 g/mol. The van der Waals surface area contributed by atoms with Gasteiger partial charge in [-0.3, -0.25) is 9.88 Å². The van der Waals surface area contributed by atoms with Crippen LogP contribution in [0.15, 0.2) is 18.3 Å². The lowest BCUT2D eigenvalue weighted by Crippen LogP contribution is -2.29. The molecule has 0 bridgehead atoms. The van der Waals surface area contributed by atoms with Crippen LogP contribution >= 0.6 is 0 Å². The minimum atomic E-state index is -4.09. The minimum Gasteiger partial charge on any atom is -0.326 e. The highest BCUT2D eigenvalue weighted by molar-refractivity contribution is 5.16. The number of nitrogens with zero attached hydrogens (tertiary/aromatic N) is 2. The quantitative estimate of drug-likeness (QED) is 0.920. The van der Waals surface area contributed by atoms with Gasteiger partial charge in [0.1, 0.15) is 0 Å². The zero-order chi connectivity index (χ0) is 14.0. The maximum atomic E-state index is 12.6. The molecule has 0 amide bonds. The van der Waals surface area contributed by atoms with E-state index in [1.165, 1.54) is 0 Å². The fourth-order valence-corrected chi connectivity index (χ4v) is 2.40. The van der Waals surface area contributed by atoms with Gasteiger partial charge in [-0.25, -0.2) is 0 Å². The lowest BCUT2D eigenvalue weighted by atomic mass is 10.1. The van der Waals surface area contributed by atoms with Crippen molar-refractivity contribution in [2.45, 2.75) is 32.1 Å². The zero-order valence-electron chi connectivity index (χ0n) is 10.8. The molecule has 2 atom stereocenters. The molecule has 3 nitrogen and oxygen atoms in total. The summed E-state index contributed by atoms with van der Waals surface area (Å²) in [7, 11) is 0. The second kappa shape index (κ2) is 5.46. The molecule has 0 saturated carbocycles. The highest BCUT2D eigenvalue weighted by atomic mass is 19.4. The molecular weight excluding hydrogens is 255 g/mol. The van der Waals surface area contributed by atoms with Crippen molar-refractivity contribution in [2.24, 2.45) is 11.7 Å². The van der Waals surface area contributed by atoms with Crippen LogP contribution in [0.3, 0.4) is 0 Å². The maximum Gasteiger partial charge on any atom is 0.393 e. The van der Waals surface area contributed by atoms with Crippen molar-refractivity contribution < 1.29 is 13.2 Å². The van der Waals surface area contributed by atoms with E-state index in [9.17, 15) is 13.2 Å². The first-order valence-corrected chi connectivity index (χ1v) is 6.37. The topological polar surface area (TPSA) is 42.1 Å². The highest BCUT2D eigenvalue weighted by Crippen LogP contribution is 2.36. The molecule has 0 aliphatic carbocycles. The first-order chi connectivity index (χ1) is 8.91. The molecule has 2 heterocycles. The summed E-state index contributed by atoms with van der Waals surface area (Å²) in [5, 5.41) is 0. The number of aromatic nitrogens is 1. The van der Waals surface area contributed by atoms with E-state index >= 15 is 0 Å². The first kappa shape index (κ1) is 14.3. The Balaban J connectivity index is 2.02. The Labute approximate surface area is 110 Å². The van der Waals surface area contributed by atoms with E-state index in [4.69, 9.17) is 5.73 Å². The third-order valence-corrected chi connectivity index (χ3v) is 3.74. The van der Waals surface area contributed by atoms with Crippen molar-refractivity contribution in [2.75, 3.05) is 13.1 Å². The van der Waals surface area contributed by atoms with Gasteiger partial charge in [0.2, 0.25) is 0 Å². The smallest absolute Gasteiger partial charge is 0.326 e. The van der Waals surface area contributed by atoms with E-state index in [-0.39, 0.29) is 19.0 Å². The van der Waals surface area contributed by atoms with Crippen molar-refractivity contribution in [1.29, 1.82) is 0 Å². The highest BCUT2D eigenvalue weighted by Gasteiger charge is 2.44. The van der Waals surface area contributed by atoms with E-state index in [1.54, 1.807) is 6.20 Å². The summed E-state index contributed by atoms with van der Waals surface area (Å²) in [6.07, 6.45) is -2.23. The van der Waals surface area contributed by atoms with Crippen LogP contribution in [0.25, 0.3) is 0 Å². The molecule has 1 aromatic rings. The molecule has 1 aliphatic rings. The molecule has 2 unspecified atom stereocenters. The van der Waals surface area contributed by atoms with Crippen molar-refractivity contribution >= 4 is 0 Å². The number of alkyl halides is 3. The van der Waals surface area contributed by atoms with Crippen LogP contribution in [0.5, 0.6) is 0 Å². The Morgan fingerprint density at radius 3 is 2.68 bits per heavy atom. The van der Waals surface area contributed by atoms with Gasteiger partial charge in [0.15, 0.2) is 0 Å². The summed E-state index contributed by atoms with van der Waals surface area (Å²) in [4.78, 5) is 6.11. The van der Waals surface area contributed by atoms with Crippen molar-refractivity contribution in [1.82, 2.24) is 9.88 Å². The predicted molar refractivity (Wildman–Crippen MR) is 66.3 cm³/mol. The van der Waals surface area contributed by atoms with Crippen LogP contribution in [0, 0.1) is 5.92 Å². The number of likely N-dealkylation sites (tertiary alicyclic amines) is 1. The summed E-state index contributed by atoms with van der Waals surface area (Å²) in [5.74, 6) is -1.21. The Morgan fingerprint density at radius 2 is 2.21 bits per heavy atom. The minimum absolute atomic E-state index is 0.0605. The Hall–Kier alpha value is -1.14. The second-order valence-electron chi connectivity index (χ2n) is 4.99. The third-order valence-electron chi connectivity index (χ3n) is 3.74. The van der Waals surface area contributed by atoms with Crippen LogP contribution in [0.4, 0.5) is 13.2 Å². The number of halogens is 3. The molecule has 1 aromatic heterocycles. The van der Waals surface area contributed by atoms with Crippen molar-refractivity contribution in [3.8, 4) is 0 Å². The largest absolute Gasteiger partial charge is 0.393 e. The molecule has 2 rings (SSSR count). The predicted octanol–water partition coefficient (Wildman–Crippen LogP) is 2.49. The standard InChI is InChI=1S/C13H18F3N3/c1-9(12-3-2-10(6-17)7-18-12)19-5-4-11(8-19)13(14,15)16/h2-3,7,9,11H,4-6,8,17H2,1H3. The van der Waals surface area contributed by atoms with Crippen LogP contribution in [-0.2, 0) is 6.54 Å². The molecule has 106 valence electrons. The molecule has 6 heteroatoms. The van der Waals surface area contributed by atoms with Crippen LogP contribution in [0.2, 0.25) is 0 Å². The van der Waals surface area contributed by atoms with Gasteiger partial charge in [-0.15, -0.1) is 0 Å². The average molecular weight is 273 g/mol. The summed E-state index contributed by atoms with van der Waals surface area (Å²) in [6, 6.07) is 3.61. The number of rotatable bonds is 3. The van der Waals surface area contributed by atoms with E-state index in [0.717, 1.165) is 11.3 Å². The number of hydrogen-bond acceptors (Lipinski definition) is 3. The summed E-state index contributed by atoms with van der Waals surface area (Å²) >= 11 is 0. The Bertz CT molecular complexity index is 416. The van der Waals surface area contributed by atoms with E-state index in [1.807, 2.05) is 24.0 Å². The van der Waals surface area contributed by atoms with Crippen molar-refractivity contribution in [3.63, 3.8) is 0 Å². The molecule has 1 fully saturated rings. The molecular formula is C13H18F3N3. The lowest BCUT2D eigenvalue weighted by molar-refractivity contribution is -0.170. The molecule has 0 aromatic carbocycles. The first-order valence-electron chi connectivity index (χ1n) is 6.37. The number of pyridine rings is 1. The van der Waals surface area contributed by atoms with Gasteiger partial charge in [-0.05, 0) is 31.5 Å². The lowest BCUT2D eigenvalue weighted by Gasteiger charge is -2.24. The van der Waals surface area contributed by atoms with Gasteiger partial charge in [0.05, 0.1) is 11.6 Å². The van der Waals surface area contributed by atoms with Crippen LogP contribution in [0.1, 0.15) is 30.6 Å². The zero-order valence-corrected chi connectivity index (χ0v) is 10.8. The van der Waals surface area contributed by atoms with Gasteiger partial charge in [-0.1, -0.05) is 6.07 Å². The van der Waals surface area contributed by atoms with Gasteiger partial charge >= 0.3 is 6.18 Å². The average Bonchev–Trinajstić information content (AvgIpc) is 2.87. The fourth-order valence-electron chi connectivity index (χ4n) is 2.40. The molecule has 1 aliphatic heterocycles. The molecule has 19 heavy (non-hydrogen) atoms. The van der Waals surface area contributed by atoms with Gasteiger partial charge in [0.25, 0.3) is 0 Å². The normalized spacial score (nSPS) is 22.7. The Morgan fingerprint density at radius 1 is 1.47 bits per heavy atom. The van der Waals surface area contributed by atoms with Crippen LogP contribution in [-0.4, -0.2) is 29.1 Å². The Kier molecular flexibility index (Phi) is 4.10. The number of hydrogen-bond donors (Lipinski definition) is 1. The molecule has 1 saturated heterocycles. The van der Waals surface area contributed by atoms with Gasteiger partial charge < -0.3 is 5.73 Å². The van der Waals surface area contributed by atoms with E-state index in [0.29, 0.717) is 13.1 Å². The SMILES string of the molecule is CC(c1ccc(CN)cn1)N1CCC(C(F)(F)F)C1. The number of nitrogens with two attached hydrogens (primary N) is 1. The van der Waals surface area contributed by atoms with Gasteiger partial charge in [0, 0.05) is 25.3 Å². The third kappa shape index (κ3) is 3.25. The van der Waals surface area contributed by atoms with E-state index < -0.39 is 12.1 Å². The molecule has 0 spiro atoms.